The van der Waals surface area contributed by atoms with Gasteiger partial charge in [-0.05, 0) is 51.4 Å². The quantitative estimate of drug-likeness (QED) is 0.0256. The van der Waals surface area contributed by atoms with Crippen LogP contribution in [0.4, 0.5) is 0 Å². The second-order valence-electron chi connectivity index (χ2n) is 14.7. The zero-order chi connectivity index (χ0) is 38.1. The summed E-state index contributed by atoms with van der Waals surface area (Å²) >= 11 is 0. The van der Waals surface area contributed by atoms with Crippen molar-refractivity contribution in [1.29, 1.82) is 0 Å². The monoisotopic (exact) mass is 741 g/mol. The minimum atomic E-state index is -4.67. The SMILES string of the molecule is CC/C=C\C/C=C\C/C=C\C/C=C\CCCCC(=O)NC(COP(=O)([O-])OCC[N+](C)(C)C)C(O)C(O)CCCCCCCCCCCCCC. The highest BCUT2D eigenvalue weighted by atomic mass is 31.2. The number of allylic oxidation sites excluding steroid dienone is 8. The van der Waals surface area contributed by atoms with Crippen LogP contribution in [0.25, 0.3) is 0 Å². The van der Waals surface area contributed by atoms with E-state index in [9.17, 15) is 24.5 Å². The average Bonchev–Trinajstić information content (AvgIpc) is 3.07. The number of phosphoric ester groups is 1. The molecule has 0 radical (unpaired) electrons. The predicted molar refractivity (Wildman–Crippen MR) is 211 cm³/mol. The summed E-state index contributed by atoms with van der Waals surface area (Å²) < 4.78 is 23.0. The molecule has 4 atom stereocenters. The first-order valence-corrected chi connectivity index (χ1v) is 21.5. The zero-order valence-electron chi connectivity index (χ0n) is 33.2. The van der Waals surface area contributed by atoms with Crippen LogP contribution < -0.4 is 10.2 Å². The van der Waals surface area contributed by atoms with Crippen molar-refractivity contribution in [3.05, 3.63) is 48.6 Å². The number of carbonyl (C=O) groups excluding carboxylic acids is 1. The molecule has 0 heterocycles. The minimum absolute atomic E-state index is 0.0509. The summed E-state index contributed by atoms with van der Waals surface area (Å²) in [5, 5.41) is 24.5. The van der Waals surface area contributed by atoms with E-state index in [-0.39, 0.29) is 18.9 Å². The maximum absolute atomic E-state index is 12.8. The van der Waals surface area contributed by atoms with Crippen molar-refractivity contribution in [2.45, 2.75) is 167 Å². The third kappa shape index (κ3) is 34.0. The lowest BCUT2D eigenvalue weighted by Crippen LogP contribution is -2.51. The first-order valence-electron chi connectivity index (χ1n) is 20.1. The number of rotatable bonds is 35. The van der Waals surface area contributed by atoms with Crippen LogP contribution in [0.15, 0.2) is 48.6 Å². The van der Waals surface area contributed by atoms with Gasteiger partial charge in [-0.2, -0.15) is 0 Å². The van der Waals surface area contributed by atoms with Crippen LogP contribution in [0, 0.1) is 0 Å². The molecule has 0 rings (SSSR count). The molecule has 9 nitrogen and oxygen atoms in total. The van der Waals surface area contributed by atoms with Crippen LogP contribution in [0.5, 0.6) is 0 Å². The Balaban J connectivity index is 4.68. The molecule has 0 saturated carbocycles. The number of hydrogen-bond acceptors (Lipinski definition) is 7. The van der Waals surface area contributed by atoms with E-state index in [4.69, 9.17) is 9.05 Å². The van der Waals surface area contributed by atoms with E-state index in [0.717, 1.165) is 64.2 Å². The van der Waals surface area contributed by atoms with E-state index >= 15 is 0 Å². The second kappa shape index (κ2) is 33.0. The number of aliphatic hydroxyl groups excluding tert-OH is 2. The number of hydrogen-bond donors (Lipinski definition) is 3. The number of quaternary nitrogens is 1. The fraction of sp³-hybridized carbons (Fsp3) is 0.780. The van der Waals surface area contributed by atoms with E-state index in [1.807, 2.05) is 21.1 Å². The molecule has 3 N–H and O–H groups in total. The molecule has 51 heavy (non-hydrogen) atoms. The lowest BCUT2D eigenvalue weighted by atomic mass is 9.99. The fourth-order valence-electron chi connectivity index (χ4n) is 5.42. The highest BCUT2D eigenvalue weighted by Crippen LogP contribution is 2.38. The number of phosphoric acid groups is 1. The van der Waals surface area contributed by atoms with Gasteiger partial charge in [0, 0.05) is 6.42 Å². The van der Waals surface area contributed by atoms with Gasteiger partial charge in [0.2, 0.25) is 5.91 Å². The number of amides is 1. The molecule has 4 unspecified atom stereocenters. The van der Waals surface area contributed by atoms with E-state index < -0.39 is 32.7 Å². The molecule has 0 saturated heterocycles. The molecule has 298 valence electrons. The van der Waals surface area contributed by atoms with Gasteiger partial charge in [-0.1, -0.05) is 140 Å². The number of aliphatic hydroxyl groups is 2. The molecule has 0 aromatic rings. The molecule has 0 aromatic carbocycles. The van der Waals surface area contributed by atoms with Crippen molar-refractivity contribution < 1.29 is 38.0 Å². The summed E-state index contributed by atoms with van der Waals surface area (Å²) in [6.07, 6.45) is 35.8. The zero-order valence-corrected chi connectivity index (χ0v) is 34.0. The number of nitrogens with one attached hydrogen (secondary N) is 1. The van der Waals surface area contributed by atoms with E-state index in [2.05, 4.69) is 67.8 Å². The Kier molecular flexibility index (Phi) is 32.0. The molecular formula is C41H77N2O7P. The Bertz CT molecular complexity index is 993. The summed E-state index contributed by atoms with van der Waals surface area (Å²) in [6.45, 7) is 4.25. The highest BCUT2D eigenvalue weighted by molar-refractivity contribution is 7.45. The van der Waals surface area contributed by atoms with Gasteiger partial charge >= 0.3 is 0 Å². The third-order valence-corrected chi connectivity index (χ3v) is 9.64. The van der Waals surface area contributed by atoms with Gasteiger partial charge in [0.1, 0.15) is 19.3 Å². The van der Waals surface area contributed by atoms with Crippen molar-refractivity contribution in [2.75, 3.05) is 40.9 Å². The Hall–Kier alpha value is -1.58. The fourth-order valence-corrected chi connectivity index (χ4v) is 6.14. The normalized spacial score (nSPS) is 15.7. The smallest absolute Gasteiger partial charge is 0.268 e. The molecule has 0 spiro atoms. The molecule has 0 aromatic heterocycles. The van der Waals surface area contributed by atoms with Gasteiger partial charge in [0.25, 0.3) is 7.82 Å². The van der Waals surface area contributed by atoms with Gasteiger partial charge < -0.3 is 34.0 Å². The number of nitrogens with zero attached hydrogens (tertiary/aromatic N) is 1. The van der Waals surface area contributed by atoms with Gasteiger partial charge in [-0.3, -0.25) is 9.36 Å². The molecule has 0 aliphatic carbocycles. The number of unbranched alkanes of at least 4 members (excludes halogenated alkanes) is 13. The van der Waals surface area contributed by atoms with Crippen molar-refractivity contribution >= 4 is 13.7 Å². The lowest BCUT2D eigenvalue weighted by molar-refractivity contribution is -0.870. The van der Waals surface area contributed by atoms with E-state index in [1.165, 1.54) is 51.4 Å². The standard InChI is InChI=1S/C41H77N2O7P/c1-6-8-10-12-14-16-18-20-21-22-24-26-28-30-32-34-40(45)42-38(37-50-51(47,48)49-36-35-43(3,4)5)41(46)39(44)33-31-29-27-25-23-19-17-15-13-11-9-7-2/h8,10,14,16,20-21,24,26,38-39,41,44,46H,6-7,9,11-13,15,17-19,22-23,25,27-37H2,1-5H3,(H-,42,45,47,48)/b10-8-,16-14-,21-20-,26-24-. The van der Waals surface area contributed by atoms with Crippen LogP contribution in [-0.2, 0) is 18.4 Å². The molecule has 0 fully saturated rings. The summed E-state index contributed by atoms with van der Waals surface area (Å²) in [7, 11) is 1.09. The van der Waals surface area contributed by atoms with Crippen molar-refractivity contribution in [3.63, 3.8) is 0 Å². The molecule has 10 heteroatoms. The third-order valence-electron chi connectivity index (χ3n) is 8.67. The molecule has 0 aliphatic rings. The van der Waals surface area contributed by atoms with Crippen molar-refractivity contribution in [3.8, 4) is 0 Å². The minimum Gasteiger partial charge on any atom is -0.756 e. The van der Waals surface area contributed by atoms with E-state index in [0.29, 0.717) is 23.9 Å². The molecule has 0 aliphatic heterocycles. The van der Waals surface area contributed by atoms with Gasteiger partial charge in [0.15, 0.2) is 0 Å². The Morgan fingerprint density at radius 1 is 0.725 bits per heavy atom. The summed E-state index contributed by atoms with van der Waals surface area (Å²) in [5.74, 6) is -0.322. The summed E-state index contributed by atoms with van der Waals surface area (Å²) in [6, 6.07) is -1.09. The predicted octanol–water partition coefficient (Wildman–Crippen LogP) is 8.86. The number of likely N-dealkylation sites (N-methyl/N-ethyl adjacent to an activating group) is 1. The number of carbonyl (C=O) groups is 1. The molecule has 1 amide bonds. The van der Waals surface area contributed by atoms with Crippen LogP contribution >= 0.6 is 7.82 Å². The van der Waals surface area contributed by atoms with Gasteiger partial charge in [-0.25, -0.2) is 0 Å². The molecule has 0 bridgehead atoms. The summed E-state index contributed by atoms with van der Waals surface area (Å²) in [4.78, 5) is 25.2. The maximum atomic E-state index is 12.8. The van der Waals surface area contributed by atoms with Crippen LogP contribution in [0.2, 0.25) is 0 Å². The van der Waals surface area contributed by atoms with Crippen LogP contribution in [0.1, 0.15) is 149 Å². The highest BCUT2D eigenvalue weighted by Gasteiger charge is 2.29. The topological polar surface area (TPSA) is 128 Å². The van der Waals surface area contributed by atoms with Crippen LogP contribution in [0.3, 0.4) is 0 Å². The first kappa shape index (κ1) is 49.4. The summed E-state index contributed by atoms with van der Waals surface area (Å²) in [5.41, 5.74) is 0. The van der Waals surface area contributed by atoms with Gasteiger partial charge in [-0.15, -0.1) is 0 Å². The van der Waals surface area contributed by atoms with E-state index in [1.54, 1.807) is 0 Å². The van der Waals surface area contributed by atoms with Gasteiger partial charge in [0.05, 0.1) is 39.9 Å². The van der Waals surface area contributed by atoms with Crippen molar-refractivity contribution in [2.24, 2.45) is 0 Å². The first-order chi connectivity index (χ1) is 24.4. The second-order valence-corrected chi connectivity index (χ2v) is 16.2. The van der Waals surface area contributed by atoms with Crippen LogP contribution in [-0.4, -0.2) is 79.8 Å². The average molecular weight is 741 g/mol. The lowest BCUT2D eigenvalue weighted by Gasteiger charge is -2.31. The Labute approximate surface area is 312 Å². The largest absolute Gasteiger partial charge is 0.756 e. The molecular weight excluding hydrogens is 663 g/mol. The Morgan fingerprint density at radius 2 is 1.24 bits per heavy atom. The maximum Gasteiger partial charge on any atom is 0.268 e. The Morgan fingerprint density at radius 3 is 1.76 bits per heavy atom. The van der Waals surface area contributed by atoms with Crippen molar-refractivity contribution in [1.82, 2.24) is 5.32 Å².